The van der Waals surface area contributed by atoms with E-state index in [2.05, 4.69) is 5.32 Å². The van der Waals surface area contributed by atoms with Gasteiger partial charge in [0, 0.05) is 4.88 Å². The van der Waals surface area contributed by atoms with Crippen LogP contribution in [0.1, 0.15) is 4.88 Å². The first kappa shape index (κ1) is 12.1. The Hall–Kier alpha value is -1.39. The zero-order valence-electron chi connectivity index (χ0n) is 8.74. The van der Waals surface area contributed by atoms with Crippen molar-refractivity contribution in [1.82, 2.24) is 0 Å². The second-order valence-corrected chi connectivity index (χ2v) is 4.85. The minimum absolute atomic E-state index is 0.000997. The predicted molar refractivity (Wildman–Crippen MR) is 68.1 cm³/mol. The molecule has 2 aromatic rings. The minimum Gasteiger partial charge on any atom is -0.323 e. The van der Waals surface area contributed by atoms with Gasteiger partial charge in [0.1, 0.15) is 0 Å². The summed E-state index contributed by atoms with van der Waals surface area (Å²) in [6, 6.07) is 8.23. The van der Waals surface area contributed by atoms with Crippen molar-refractivity contribution in [3.63, 3.8) is 0 Å². The highest BCUT2D eigenvalue weighted by Gasteiger charge is 2.10. The summed E-state index contributed by atoms with van der Waals surface area (Å²) < 4.78 is 13.5. The Bertz CT molecular complexity index is 527. The Balaban J connectivity index is 2.06. The number of carbonyl (C=O) groups excluding carboxylic acids is 1. The van der Waals surface area contributed by atoms with Gasteiger partial charge in [-0.2, -0.15) is 0 Å². The molecule has 1 aromatic heterocycles. The first-order valence-corrected chi connectivity index (χ1v) is 6.19. The van der Waals surface area contributed by atoms with Crippen molar-refractivity contribution in [2.75, 3.05) is 5.32 Å². The lowest BCUT2D eigenvalue weighted by molar-refractivity contribution is -0.115. The van der Waals surface area contributed by atoms with Crippen LogP contribution >= 0.6 is 22.9 Å². The number of hydrogen-bond acceptors (Lipinski definition) is 2. The van der Waals surface area contributed by atoms with Crippen LogP contribution in [0.5, 0.6) is 0 Å². The van der Waals surface area contributed by atoms with Crippen molar-refractivity contribution in [2.24, 2.45) is 0 Å². The van der Waals surface area contributed by atoms with Crippen LogP contribution < -0.4 is 5.32 Å². The molecule has 5 heteroatoms. The van der Waals surface area contributed by atoms with E-state index in [1.807, 2.05) is 17.5 Å². The van der Waals surface area contributed by atoms with E-state index in [-0.39, 0.29) is 23.0 Å². The quantitative estimate of drug-likeness (QED) is 0.904. The number of rotatable bonds is 3. The summed E-state index contributed by atoms with van der Waals surface area (Å²) >= 11 is 7.10. The normalized spacial score (nSPS) is 10.2. The van der Waals surface area contributed by atoms with Crippen molar-refractivity contribution in [3.8, 4) is 0 Å². The number of hydrogen-bond donors (Lipinski definition) is 1. The van der Waals surface area contributed by atoms with E-state index < -0.39 is 5.82 Å². The van der Waals surface area contributed by atoms with E-state index in [0.29, 0.717) is 0 Å². The van der Waals surface area contributed by atoms with Gasteiger partial charge in [-0.25, -0.2) is 4.39 Å². The van der Waals surface area contributed by atoms with Crippen LogP contribution in [-0.4, -0.2) is 5.91 Å². The van der Waals surface area contributed by atoms with E-state index in [1.165, 1.54) is 23.5 Å². The van der Waals surface area contributed by atoms with E-state index in [0.717, 1.165) is 4.88 Å². The molecule has 0 aliphatic heterocycles. The van der Waals surface area contributed by atoms with Gasteiger partial charge in [0.25, 0.3) is 0 Å². The molecule has 0 aliphatic rings. The Kier molecular flexibility index (Phi) is 3.76. The lowest BCUT2D eigenvalue weighted by Crippen LogP contribution is -2.14. The molecule has 1 heterocycles. The third-order valence-corrected chi connectivity index (χ3v) is 3.31. The summed E-state index contributed by atoms with van der Waals surface area (Å²) in [4.78, 5) is 12.6. The van der Waals surface area contributed by atoms with Gasteiger partial charge in [-0.05, 0) is 23.6 Å². The van der Waals surface area contributed by atoms with Crippen LogP contribution in [0.3, 0.4) is 0 Å². The third kappa shape index (κ3) is 3.05. The lowest BCUT2D eigenvalue weighted by atomic mass is 10.2. The third-order valence-electron chi connectivity index (χ3n) is 2.14. The largest absolute Gasteiger partial charge is 0.323 e. The van der Waals surface area contributed by atoms with Crippen LogP contribution in [0.15, 0.2) is 35.7 Å². The molecule has 88 valence electrons. The predicted octanol–water partition coefficient (Wildman–Crippen LogP) is 3.72. The lowest BCUT2D eigenvalue weighted by Gasteiger charge is -2.06. The summed E-state index contributed by atoms with van der Waals surface area (Å²) in [6.07, 6.45) is 0.240. The Morgan fingerprint density at radius 2 is 2.18 bits per heavy atom. The van der Waals surface area contributed by atoms with Crippen molar-refractivity contribution in [1.29, 1.82) is 0 Å². The van der Waals surface area contributed by atoms with Gasteiger partial charge in [0.15, 0.2) is 5.82 Å². The minimum atomic E-state index is -0.603. The Morgan fingerprint density at radius 3 is 2.88 bits per heavy atom. The van der Waals surface area contributed by atoms with Gasteiger partial charge in [0.2, 0.25) is 5.91 Å². The summed E-state index contributed by atoms with van der Waals surface area (Å²) in [5.41, 5.74) is 0.110. The molecule has 0 atom stereocenters. The summed E-state index contributed by atoms with van der Waals surface area (Å²) in [5.74, 6) is -0.859. The average Bonchev–Trinajstić information content (AvgIpc) is 2.77. The first-order valence-electron chi connectivity index (χ1n) is 4.93. The topological polar surface area (TPSA) is 29.1 Å². The number of amides is 1. The molecule has 0 unspecified atom stereocenters. The Labute approximate surface area is 107 Å². The summed E-state index contributed by atoms with van der Waals surface area (Å²) in [7, 11) is 0. The van der Waals surface area contributed by atoms with Gasteiger partial charge >= 0.3 is 0 Å². The first-order chi connectivity index (χ1) is 8.16. The van der Waals surface area contributed by atoms with Crippen molar-refractivity contribution < 1.29 is 9.18 Å². The van der Waals surface area contributed by atoms with Crippen molar-refractivity contribution in [3.05, 3.63) is 51.4 Å². The van der Waals surface area contributed by atoms with Crippen molar-refractivity contribution in [2.45, 2.75) is 6.42 Å². The number of thiophene rings is 1. The van der Waals surface area contributed by atoms with Gasteiger partial charge in [0.05, 0.1) is 17.1 Å². The molecule has 0 saturated carbocycles. The highest BCUT2D eigenvalue weighted by Crippen LogP contribution is 2.22. The number of anilines is 1. The van der Waals surface area contributed by atoms with Crippen LogP contribution in [0, 0.1) is 5.82 Å². The highest BCUT2D eigenvalue weighted by atomic mass is 35.5. The van der Waals surface area contributed by atoms with Gasteiger partial charge < -0.3 is 5.32 Å². The average molecular weight is 270 g/mol. The number of halogens is 2. The molecule has 0 bridgehead atoms. The van der Waals surface area contributed by atoms with Crippen LogP contribution in [0.4, 0.5) is 10.1 Å². The Morgan fingerprint density at radius 1 is 1.35 bits per heavy atom. The molecule has 17 heavy (non-hydrogen) atoms. The number of benzene rings is 1. The fourth-order valence-corrected chi connectivity index (χ4v) is 2.24. The van der Waals surface area contributed by atoms with E-state index in [4.69, 9.17) is 11.6 Å². The molecule has 0 aliphatic carbocycles. The monoisotopic (exact) mass is 269 g/mol. The van der Waals surface area contributed by atoms with E-state index in [9.17, 15) is 9.18 Å². The molecule has 0 fully saturated rings. The molecule has 0 saturated heterocycles. The molecule has 2 rings (SSSR count). The smallest absolute Gasteiger partial charge is 0.229 e. The van der Waals surface area contributed by atoms with Crippen LogP contribution in [0.25, 0.3) is 0 Å². The van der Waals surface area contributed by atoms with Crippen molar-refractivity contribution >= 4 is 34.5 Å². The van der Waals surface area contributed by atoms with Gasteiger partial charge in [-0.15, -0.1) is 11.3 Å². The zero-order valence-corrected chi connectivity index (χ0v) is 10.3. The maximum absolute atomic E-state index is 13.5. The van der Waals surface area contributed by atoms with Crippen LogP contribution in [-0.2, 0) is 11.2 Å². The summed E-state index contributed by atoms with van der Waals surface area (Å²) in [6.45, 7) is 0. The maximum Gasteiger partial charge on any atom is 0.229 e. The van der Waals surface area contributed by atoms with Gasteiger partial charge in [-0.1, -0.05) is 23.7 Å². The second-order valence-electron chi connectivity index (χ2n) is 3.41. The molecule has 1 aromatic carbocycles. The highest BCUT2D eigenvalue weighted by molar-refractivity contribution is 7.10. The number of nitrogens with one attached hydrogen (secondary N) is 1. The fourth-order valence-electron chi connectivity index (χ4n) is 1.37. The summed E-state index contributed by atoms with van der Waals surface area (Å²) in [5, 5.41) is 4.39. The standard InChI is InChI=1S/C12H9ClFNOS/c13-9-4-1-5-10(12(9)14)15-11(16)7-8-3-2-6-17-8/h1-6H,7H2,(H,15,16). The number of carbonyl (C=O) groups is 1. The SMILES string of the molecule is O=C(Cc1cccs1)Nc1cccc(Cl)c1F. The molecule has 2 nitrogen and oxygen atoms in total. The van der Waals surface area contributed by atoms with Crippen LogP contribution in [0.2, 0.25) is 5.02 Å². The molecular weight excluding hydrogens is 261 g/mol. The molecule has 1 N–H and O–H groups in total. The second kappa shape index (κ2) is 5.29. The van der Waals surface area contributed by atoms with E-state index in [1.54, 1.807) is 6.07 Å². The molecule has 0 radical (unpaired) electrons. The fraction of sp³-hybridized carbons (Fsp3) is 0.0833. The maximum atomic E-state index is 13.5. The van der Waals surface area contributed by atoms with E-state index >= 15 is 0 Å². The molecule has 1 amide bonds. The molecular formula is C12H9ClFNOS. The molecule has 0 spiro atoms. The van der Waals surface area contributed by atoms with Gasteiger partial charge in [-0.3, -0.25) is 4.79 Å². The zero-order chi connectivity index (χ0) is 12.3.